The molecule has 1 aromatic heterocycles. The van der Waals surface area contributed by atoms with Gasteiger partial charge in [0.2, 0.25) is 5.95 Å². The van der Waals surface area contributed by atoms with Crippen LogP contribution < -0.4 is 5.32 Å². The van der Waals surface area contributed by atoms with Crippen molar-refractivity contribution in [3.63, 3.8) is 0 Å². The van der Waals surface area contributed by atoms with Crippen molar-refractivity contribution in [2.24, 2.45) is 5.92 Å². The van der Waals surface area contributed by atoms with E-state index < -0.39 is 5.97 Å². The number of anilines is 1. The third-order valence-corrected chi connectivity index (χ3v) is 4.97. The third-order valence-electron chi connectivity index (χ3n) is 4.97. The van der Waals surface area contributed by atoms with E-state index in [2.05, 4.69) is 35.2 Å². The van der Waals surface area contributed by atoms with Gasteiger partial charge < -0.3 is 15.2 Å². The van der Waals surface area contributed by atoms with Crippen LogP contribution in [0.1, 0.15) is 50.9 Å². The van der Waals surface area contributed by atoms with Crippen LogP contribution in [0.5, 0.6) is 0 Å². The predicted octanol–water partition coefficient (Wildman–Crippen LogP) is 2.43. The van der Waals surface area contributed by atoms with E-state index in [-0.39, 0.29) is 17.6 Å². The average molecular weight is 319 g/mol. The summed E-state index contributed by atoms with van der Waals surface area (Å²) in [5.41, 5.74) is 1.85. The van der Waals surface area contributed by atoms with Crippen LogP contribution in [0.3, 0.4) is 0 Å². The minimum Gasteiger partial charge on any atom is -0.481 e. The molecule has 0 bridgehead atoms. The van der Waals surface area contributed by atoms with Gasteiger partial charge in [-0.3, -0.25) is 4.79 Å². The van der Waals surface area contributed by atoms with Crippen molar-refractivity contribution in [2.45, 2.75) is 64.0 Å². The highest BCUT2D eigenvalue weighted by Gasteiger charge is 2.51. The molecule has 6 nitrogen and oxygen atoms in total. The fourth-order valence-electron chi connectivity index (χ4n) is 3.61. The van der Waals surface area contributed by atoms with Gasteiger partial charge in [-0.15, -0.1) is 0 Å². The third kappa shape index (κ3) is 3.47. The molecule has 2 heterocycles. The van der Waals surface area contributed by atoms with Crippen LogP contribution in [0.2, 0.25) is 0 Å². The summed E-state index contributed by atoms with van der Waals surface area (Å²) in [5.74, 6) is -0.265. The van der Waals surface area contributed by atoms with Crippen molar-refractivity contribution in [1.29, 1.82) is 0 Å². The molecule has 1 aliphatic heterocycles. The second kappa shape index (κ2) is 6.43. The summed E-state index contributed by atoms with van der Waals surface area (Å²) < 4.78 is 5.90. The first-order valence-corrected chi connectivity index (χ1v) is 8.53. The Bertz CT molecular complexity index is 562. The first-order valence-electron chi connectivity index (χ1n) is 8.53. The number of carbonyl (C=O) groups is 1. The number of aryl methyl sites for hydroxylation is 2. The lowest BCUT2D eigenvalue weighted by atomic mass is 9.66. The van der Waals surface area contributed by atoms with E-state index in [0.717, 1.165) is 37.1 Å². The fourth-order valence-corrected chi connectivity index (χ4v) is 3.61. The molecule has 1 saturated carbocycles. The Morgan fingerprint density at radius 1 is 1.30 bits per heavy atom. The highest BCUT2D eigenvalue weighted by atomic mass is 16.5. The number of aromatic nitrogens is 2. The molecule has 1 atom stereocenters. The van der Waals surface area contributed by atoms with Crippen molar-refractivity contribution in [3.05, 3.63) is 17.5 Å². The molecule has 0 aromatic carbocycles. The summed E-state index contributed by atoms with van der Waals surface area (Å²) in [4.78, 5) is 20.2. The van der Waals surface area contributed by atoms with Gasteiger partial charge in [0.05, 0.1) is 11.5 Å². The second-order valence-electron chi connectivity index (χ2n) is 6.69. The minimum atomic E-state index is -0.708. The number of aliphatic carboxylic acids is 1. The molecule has 126 valence electrons. The van der Waals surface area contributed by atoms with Gasteiger partial charge in [-0.1, -0.05) is 13.8 Å². The van der Waals surface area contributed by atoms with E-state index in [1.165, 1.54) is 0 Å². The molecule has 6 heteroatoms. The molecule has 1 aromatic rings. The van der Waals surface area contributed by atoms with E-state index in [4.69, 9.17) is 9.84 Å². The number of hydrogen-bond acceptors (Lipinski definition) is 5. The Morgan fingerprint density at radius 3 is 2.52 bits per heavy atom. The Kier molecular flexibility index (Phi) is 4.53. The van der Waals surface area contributed by atoms with Crippen molar-refractivity contribution in [3.8, 4) is 0 Å². The van der Waals surface area contributed by atoms with Gasteiger partial charge in [0.1, 0.15) is 0 Å². The van der Waals surface area contributed by atoms with Gasteiger partial charge >= 0.3 is 5.97 Å². The first kappa shape index (κ1) is 16.2. The number of rotatable bonds is 5. The van der Waals surface area contributed by atoms with E-state index in [0.29, 0.717) is 25.4 Å². The molecule has 23 heavy (non-hydrogen) atoms. The highest BCUT2D eigenvalue weighted by Crippen LogP contribution is 2.46. The van der Waals surface area contributed by atoms with Crippen LogP contribution in [0.25, 0.3) is 0 Å². The highest BCUT2D eigenvalue weighted by molar-refractivity contribution is 5.71. The largest absolute Gasteiger partial charge is 0.481 e. The molecule has 1 aliphatic carbocycles. The summed E-state index contributed by atoms with van der Waals surface area (Å²) in [5, 5.41) is 12.5. The summed E-state index contributed by atoms with van der Waals surface area (Å²) in [6.07, 6.45) is 4.76. The molecule has 1 unspecified atom stereocenters. The molecular weight excluding hydrogens is 294 g/mol. The molecule has 1 saturated heterocycles. The van der Waals surface area contributed by atoms with Gasteiger partial charge in [-0.2, -0.15) is 0 Å². The van der Waals surface area contributed by atoms with E-state index in [1.54, 1.807) is 0 Å². The Hall–Kier alpha value is -1.69. The second-order valence-corrected chi connectivity index (χ2v) is 6.69. The standard InChI is InChI=1S/C17H25N3O3/c1-3-12-7-13(4-2)19-16(18-12)20-14-5-6-23-17(10-14)8-11(9-17)15(21)22/h7,11,14H,3-6,8-10H2,1-2H3,(H,21,22)(H,18,19,20). The SMILES string of the molecule is CCc1cc(CC)nc(NC2CCOC3(C2)CC(C(=O)O)C3)n1. The topological polar surface area (TPSA) is 84.3 Å². The van der Waals surface area contributed by atoms with Crippen LogP contribution in [0, 0.1) is 5.92 Å². The lowest BCUT2D eigenvalue weighted by molar-refractivity contribution is -0.179. The van der Waals surface area contributed by atoms with E-state index in [9.17, 15) is 4.79 Å². The average Bonchev–Trinajstić information content (AvgIpc) is 2.52. The predicted molar refractivity (Wildman–Crippen MR) is 86.5 cm³/mol. The molecule has 3 rings (SSSR count). The summed E-state index contributed by atoms with van der Waals surface area (Å²) >= 11 is 0. The zero-order valence-corrected chi connectivity index (χ0v) is 13.8. The zero-order valence-electron chi connectivity index (χ0n) is 13.8. The minimum absolute atomic E-state index is 0.246. The van der Waals surface area contributed by atoms with E-state index >= 15 is 0 Å². The number of carboxylic acid groups (broad SMARTS) is 1. The molecule has 0 amide bonds. The van der Waals surface area contributed by atoms with E-state index in [1.807, 2.05) is 0 Å². The Balaban J connectivity index is 1.65. The molecule has 2 fully saturated rings. The van der Waals surface area contributed by atoms with Crippen molar-refractivity contribution < 1.29 is 14.6 Å². The number of carboxylic acids is 1. The van der Waals surface area contributed by atoms with Gasteiger partial charge in [-0.05, 0) is 44.6 Å². The fraction of sp³-hybridized carbons (Fsp3) is 0.706. The van der Waals surface area contributed by atoms with Crippen LogP contribution >= 0.6 is 0 Å². The van der Waals surface area contributed by atoms with Crippen molar-refractivity contribution in [2.75, 3.05) is 11.9 Å². The normalized spacial score (nSPS) is 30.0. The first-order chi connectivity index (χ1) is 11.0. The monoisotopic (exact) mass is 319 g/mol. The lowest BCUT2D eigenvalue weighted by Crippen LogP contribution is -2.54. The van der Waals surface area contributed by atoms with Crippen LogP contribution in [0.4, 0.5) is 5.95 Å². The molecular formula is C17H25N3O3. The smallest absolute Gasteiger partial charge is 0.306 e. The number of hydrogen-bond donors (Lipinski definition) is 2. The van der Waals surface area contributed by atoms with Crippen molar-refractivity contribution in [1.82, 2.24) is 9.97 Å². The van der Waals surface area contributed by atoms with Crippen LogP contribution in [-0.4, -0.2) is 39.3 Å². The van der Waals surface area contributed by atoms with Crippen LogP contribution in [-0.2, 0) is 22.4 Å². The number of nitrogens with one attached hydrogen (secondary N) is 1. The molecule has 1 spiro atoms. The maximum absolute atomic E-state index is 11.0. The van der Waals surface area contributed by atoms with Gasteiger partial charge in [0.15, 0.2) is 0 Å². The zero-order chi connectivity index (χ0) is 16.4. The van der Waals surface area contributed by atoms with Gasteiger partial charge in [-0.25, -0.2) is 9.97 Å². The quantitative estimate of drug-likeness (QED) is 0.867. The summed E-state index contributed by atoms with van der Waals surface area (Å²) in [6.45, 7) is 4.85. The summed E-state index contributed by atoms with van der Waals surface area (Å²) in [7, 11) is 0. The Labute approximate surface area is 136 Å². The van der Waals surface area contributed by atoms with Gasteiger partial charge in [0.25, 0.3) is 0 Å². The number of nitrogens with zero attached hydrogens (tertiary/aromatic N) is 2. The maximum Gasteiger partial charge on any atom is 0.306 e. The van der Waals surface area contributed by atoms with Crippen molar-refractivity contribution >= 4 is 11.9 Å². The maximum atomic E-state index is 11.0. The van der Waals surface area contributed by atoms with Gasteiger partial charge in [0, 0.05) is 24.0 Å². The number of ether oxygens (including phenoxy) is 1. The van der Waals surface area contributed by atoms with Crippen LogP contribution in [0.15, 0.2) is 6.07 Å². The summed E-state index contributed by atoms with van der Waals surface area (Å²) in [6, 6.07) is 2.30. The lowest BCUT2D eigenvalue weighted by Gasteiger charge is -2.50. The molecule has 2 aliphatic rings. The Morgan fingerprint density at radius 2 is 1.96 bits per heavy atom. The molecule has 2 N–H and O–H groups in total. The molecule has 0 radical (unpaired) electrons.